The molecule has 1 N–H and O–H groups in total. The Bertz CT molecular complexity index is 510. The van der Waals surface area contributed by atoms with Gasteiger partial charge in [0.05, 0.1) is 0 Å². The van der Waals surface area contributed by atoms with Crippen LogP contribution in [0.4, 0.5) is 0 Å². The van der Waals surface area contributed by atoms with Crippen LogP contribution in [0.3, 0.4) is 0 Å². The van der Waals surface area contributed by atoms with Gasteiger partial charge in [0, 0.05) is 11.8 Å². The highest BCUT2D eigenvalue weighted by Gasteiger charge is 2.11. The molecule has 18 heavy (non-hydrogen) atoms. The summed E-state index contributed by atoms with van der Waals surface area (Å²) in [6.07, 6.45) is 0. The number of benzene rings is 1. The third-order valence-corrected chi connectivity index (χ3v) is 4.69. The zero-order valence-corrected chi connectivity index (χ0v) is 12.4. The number of rotatable bonds is 5. The second-order valence-electron chi connectivity index (χ2n) is 4.17. The van der Waals surface area contributed by atoms with E-state index < -0.39 is 0 Å². The summed E-state index contributed by atoms with van der Waals surface area (Å²) < 4.78 is 5.24. The van der Waals surface area contributed by atoms with Crippen molar-refractivity contribution in [2.24, 2.45) is 0 Å². The fourth-order valence-electron chi connectivity index (χ4n) is 1.72. The SMILES string of the molecule is CNC(CSc1nc(C)ns1)c1cccc(C)c1. The fourth-order valence-corrected chi connectivity index (χ4v) is 3.54. The molecule has 0 fully saturated rings. The molecule has 2 aromatic rings. The van der Waals surface area contributed by atoms with Crippen molar-refractivity contribution in [1.82, 2.24) is 14.7 Å². The summed E-state index contributed by atoms with van der Waals surface area (Å²) in [6, 6.07) is 8.97. The summed E-state index contributed by atoms with van der Waals surface area (Å²) in [5.41, 5.74) is 2.62. The average Bonchev–Trinajstić information content (AvgIpc) is 2.76. The van der Waals surface area contributed by atoms with Crippen molar-refractivity contribution in [3.8, 4) is 0 Å². The maximum absolute atomic E-state index is 4.37. The van der Waals surface area contributed by atoms with E-state index in [2.05, 4.69) is 45.9 Å². The molecule has 0 bridgehead atoms. The van der Waals surface area contributed by atoms with Crippen LogP contribution in [0.25, 0.3) is 0 Å². The van der Waals surface area contributed by atoms with Gasteiger partial charge in [-0.15, -0.1) is 0 Å². The number of nitrogens with one attached hydrogen (secondary N) is 1. The molecular weight excluding hydrogens is 262 g/mol. The summed E-state index contributed by atoms with van der Waals surface area (Å²) in [6.45, 7) is 4.05. The smallest absolute Gasteiger partial charge is 0.170 e. The number of thioether (sulfide) groups is 1. The first-order valence-corrected chi connectivity index (χ1v) is 7.62. The van der Waals surface area contributed by atoms with Gasteiger partial charge in [-0.05, 0) is 38.0 Å². The average molecular weight is 279 g/mol. The van der Waals surface area contributed by atoms with E-state index in [-0.39, 0.29) is 0 Å². The molecule has 0 aliphatic rings. The quantitative estimate of drug-likeness (QED) is 0.853. The molecule has 0 saturated heterocycles. The largest absolute Gasteiger partial charge is 0.312 e. The van der Waals surface area contributed by atoms with Gasteiger partial charge in [-0.1, -0.05) is 41.6 Å². The van der Waals surface area contributed by atoms with Crippen molar-refractivity contribution in [1.29, 1.82) is 0 Å². The van der Waals surface area contributed by atoms with Gasteiger partial charge in [-0.3, -0.25) is 0 Å². The van der Waals surface area contributed by atoms with Gasteiger partial charge in [0.1, 0.15) is 5.82 Å². The molecule has 1 unspecified atom stereocenters. The van der Waals surface area contributed by atoms with Gasteiger partial charge in [-0.25, -0.2) is 4.98 Å². The van der Waals surface area contributed by atoms with Gasteiger partial charge >= 0.3 is 0 Å². The standard InChI is InChI=1S/C13H17N3S2/c1-9-5-4-6-11(7-9)12(14-3)8-17-13-15-10(2)16-18-13/h4-7,12,14H,8H2,1-3H3. The van der Waals surface area contributed by atoms with E-state index >= 15 is 0 Å². The number of aromatic nitrogens is 2. The van der Waals surface area contributed by atoms with Gasteiger partial charge in [0.25, 0.3) is 0 Å². The van der Waals surface area contributed by atoms with Crippen LogP contribution in [0.1, 0.15) is 23.0 Å². The molecule has 3 nitrogen and oxygen atoms in total. The first-order valence-electron chi connectivity index (χ1n) is 5.86. The van der Waals surface area contributed by atoms with Crippen molar-refractivity contribution in [3.05, 3.63) is 41.2 Å². The van der Waals surface area contributed by atoms with Crippen molar-refractivity contribution >= 4 is 23.3 Å². The number of aryl methyl sites for hydroxylation is 2. The van der Waals surface area contributed by atoms with E-state index in [1.54, 1.807) is 11.8 Å². The Morgan fingerprint density at radius 1 is 1.39 bits per heavy atom. The van der Waals surface area contributed by atoms with E-state index in [0.717, 1.165) is 15.9 Å². The molecule has 0 saturated carbocycles. The lowest BCUT2D eigenvalue weighted by atomic mass is 10.1. The van der Waals surface area contributed by atoms with Gasteiger partial charge in [0.15, 0.2) is 4.34 Å². The first-order chi connectivity index (χ1) is 8.69. The lowest BCUT2D eigenvalue weighted by Crippen LogP contribution is -2.18. The highest BCUT2D eigenvalue weighted by atomic mass is 32.2. The zero-order chi connectivity index (χ0) is 13.0. The third kappa shape index (κ3) is 3.54. The maximum Gasteiger partial charge on any atom is 0.170 e. The van der Waals surface area contributed by atoms with Crippen molar-refractivity contribution in [3.63, 3.8) is 0 Å². The molecule has 0 aliphatic carbocycles. The second-order valence-corrected chi connectivity index (χ2v) is 6.19. The third-order valence-electron chi connectivity index (χ3n) is 2.68. The topological polar surface area (TPSA) is 37.8 Å². The van der Waals surface area contributed by atoms with Crippen LogP contribution < -0.4 is 5.32 Å². The molecule has 2 rings (SSSR count). The molecule has 1 aromatic carbocycles. The first kappa shape index (κ1) is 13.5. The van der Waals surface area contributed by atoms with E-state index in [0.29, 0.717) is 6.04 Å². The van der Waals surface area contributed by atoms with Crippen LogP contribution in [0, 0.1) is 13.8 Å². The monoisotopic (exact) mass is 279 g/mol. The Kier molecular flexibility index (Phi) is 4.74. The Morgan fingerprint density at radius 3 is 2.83 bits per heavy atom. The second kappa shape index (κ2) is 6.31. The predicted octanol–water partition coefficient (Wildman–Crippen LogP) is 3.21. The van der Waals surface area contributed by atoms with Crippen molar-refractivity contribution in [2.45, 2.75) is 24.2 Å². The lowest BCUT2D eigenvalue weighted by molar-refractivity contribution is 0.661. The van der Waals surface area contributed by atoms with Gasteiger partial charge in [0.2, 0.25) is 0 Å². The Balaban J connectivity index is 2.01. The summed E-state index contributed by atoms with van der Waals surface area (Å²) >= 11 is 3.23. The summed E-state index contributed by atoms with van der Waals surface area (Å²) in [5, 5.41) is 3.36. The van der Waals surface area contributed by atoms with Crippen molar-refractivity contribution in [2.75, 3.05) is 12.8 Å². The van der Waals surface area contributed by atoms with E-state index in [1.807, 2.05) is 14.0 Å². The van der Waals surface area contributed by atoms with E-state index in [1.165, 1.54) is 22.7 Å². The number of hydrogen-bond donors (Lipinski definition) is 1. The molecule has 5 heteroatoms. The van der Waals surface area contributed by atoms with Gasteiger partial charge in [-0.2, -0.15) is 4.37 Å². The molecule has 0 spiro atoms. The molecule has 0 amide bonds. The Hall–Kier alpha value is -0.910. The van der Waals surface area contributed by atoms with E-state index in [4.69, 9.17) is 0 Å². The van der Waals surface area contributed by atoms with Crippen LogP contribution in [0.5, 0.6) is 0 Å². The minimum atomic E-state index is 0.346. The van der Waals surface area contributed by atoms with Crippen LogP contribution >= 0.6 is 23.3 Å². The number of nitrogens with zero attached hydrogens (tertiary/aromatic N) is 2. The van der Waals surface area contributed by atoms with Crippen LogP contribution in [-0.2, 0) is 0 Å². The Labute approximate surface area is 116 Å². The Morgan fingerprint density at radius 2 is 2.22 bits per heavy atom. The van der Waals surface area contributed by atoms with Crippen molar-refractivity contribution < 1.29 is 0 Å². The summed E-state index contributed by atoms with van der Waals surface area (Å²) in [7, 11) is 2.00. The highest BCUT2D eigenvalue weighted by molar-refractivity contribution is 8.00. The van der Waals surface area contributed by atoms with Crippen LogP contribution in [-0.4, -0.2) is 22.2 Å². The normalized spacial score (nSPS) is 12.6. The fraction of sp³-hybridized carbons (Fsp3) is 0.385. The van der Waals surface area contributed by atoms with Crippen LogP contribution in [0.2, 0.25) is 0 Å². The highest BCUT2D eigenvalue weighted by Crippen LogP contribution is 2.26. The molecule has 1 aromatic heterocycles. The molecular formula is C13H17N3S2. The molecule has 1 heterocycles. The maximum atomic E-state index is 4.37. The van der Waals surface area contributed by atoms with Crippen LogP contribution in [0.15, 0.2) is 28.6 Å². The minimum absolute atomic E-state index is 0.346. The van der Waals surface area contributed by atoms with E-state index in [9.17, 15) is 0 Å². The molecule has 96 valence electrons. The summed E-state index contributed by atoms with van der Waals surface area (Å²) in [5.74, 6) is 1.83. The molecule has 0 radical (unpaired) electrons. The number of hydrogen-bond acceptors (Lipinski definition) is 5. The molecule has 0 aliphatic heterocycles. The zero-order valence-electron chi connectivity index (χ0n) is 10.8. The summed E-state index contributed by atoms with van der Waals surface area (Å²) in [4.78, 5) is 4.37. The molecule has 1 atom stereocenters. The van der Waals surface area contributed by atoms with Gasteiger partial charge < -0.3 is 5.32 Å². The predicted molar refractivity (Wildman–Crippen MR) is 78.3 cm³/mol. The minimum Gasteiger partial charge on any atom is -0.312 e. The lowest BCUT2D eigenvalue weighted by Gasteiger charge is -2.15.